The van der Waals surface area contributed by atoms with Crippen LogP contribution in [0.4, 0.5) is 4.39 Å². The van der Waals surface area contributed by atoms with Gasteiger partial charge in [-0.15, -0.1) is 0 Å². The van der Waals surface area contributed by atoms with Crippen LogP contribution >= 0.6 is 0 Å². The van der Waals surface area contributed by atoms with Gasteiger partial charge in [0.1, 0.15) is 5.82 Å². The molecule has 4 heteroatoms. The first-order valence-electron chi connectivity index (χ1n) is 7.92. The second-order valence-corrected chi connectivity index (χ2v) is 6.48. The third-order valence-electron chi connectivity index (χ3n) is 5.10. The van der Waals surface area contributed by atoms with Gasteiger partial charge in [-0.1, -0.05) is 13.0 Å². The van der Waals surface area contributed by atoms with Gasteiger partial charge in [0.2, 0.25) is 0 Å². The van der Waals surface area contributed by atoms with Crippen LogP contribution in [0, 0.1) is 19.7 Å². The highest BCUT2D eigenvalue weighted by molar-refractivity contribution is 5.36. The van der Waals surface area contributed by atoms with Crippen molar-refractivity contribution in [2.24, 2.45) is 5.84 Å². The van der Waals surface area contributed by atoms with Gasteiger partial charge in [-0.2, -0.15) is 0 Å². The molecular weight excluding hydrogens is 265 g/mol. The molecule has 3 nitrogen and oxygen atoms in total. The maximum atomic E-state index is 14.6. The fourth-order valence-corrected chi connectivity index (χ4v) is 3.70. The van der Waals surface area contributed by atoms with E-state index in [1.165, 1.54) is 12.8 Å². The van der Waals surface area contributed by atoms with E-state index in [0.717, 1.165) is 30.6 Å². The summed E-state index contributed by atoms with van der Waals surface area (Å²) in [5.74, 6) is 5.71. The lowest BCUT2D eigenvalue weighted by molar-refractivity contribution is 0.0822. The van der Waals surface area contributed by atoms with E-state index in [1.54, 1.807) is 6.07 Å². The highest BCUT2D eigenvalue weighted by Crippen LogP contribution is 2.38. The zero-order valence-electron chi connectivity index (χ0n) is 13.7. The van der Waals surface area contributed by atoms with Crippen LogP contribution in [0.25, 0.3) is 0 Å². The number of benzene rings is 1. The zero-order valence-corrected chi connectivity index (χ0v) is 13.7. The molecule has 0 aromatic heterocycles. The van der Waals surface area contributed by atoms with E-state index in [-0.39, 0.29) is 17.4 Å². The lowest BCUT2D eigenvalue weighted by Crippen LogP contribution is -2.55. The van der Waals surface area contributed by atoms with Gasteiger partial charge in [0.25, 0.3) is 0 Å². The number of nitrogens with one attached hydrogen (secondary N) is 1. The van der Waals surface area contributed by atoms with E-state index in [0.29, 0.717) is 5.56 Å². The first kappa shape index (κ1) is 16.4. The van der Waals surface area contributed by atoms with E-state index in [2.05, 4.69) is 24.2 Å². The van der Waals surface area contributed by atoms with E-state index in [1.807, 2.05) is 19.9 Å². The van der Waals surface area contributed by atoms with Crippen LogP contribution in [0.3, 0.4) is 0 Å². The second-order valence-electron chi connectivity index (χ2n) is 6.48. The van der Waals surface area contributed by atoms with Gasteiger partial charge in [-0.05, 0) is 70.3 Å². The summed E-state index contributed by atoms with van der Waals surface area (Å²) in [5.41, 5.74) is 5.35. The molecule has 0 spiro atoms. The summed E-state index contributed by atoms with van der Waals surface area (Å²) < 4.78 is 14.6. The summed E-state index contributed by atoms with van der Waals surface area (Å²) in [6, 6.07) is 3.43. The van der Waals surface area contributed by atoms with Crippen molar-refractivity contribution < 1.29 is 4.39 Å². The third kappa shape index (κ3) is 2.98. The molecule has 1 fully saturated rings. The van der Waals surface area contributed by atoms with Crippen molar-refractivity contribution in [3.63, 3.8) is 0 Å². The molecule has 2 atom stereocenters. The van der Waals surface area contributed by atoms with Crippen LogP contribution in [0.5, 0.6) is 0 Å². The number of nitrogens with zero attached hydrogens (tertiary/aromatic N) is 1. The minimum atomic E-state index is -0.207. The Morgan fingerprint density at radius 2 is 1.95 bits per heavy atom. The lowest BCUT2D eigenvalue weighted by Gasteiger charge is -2.45. The van der Waals surface area contributed by atoms with Crippen molar-refractivity contribution in [3.05, 3.63) is 34.6 Å². The van der Waals surface area contributed by atoms with Gasteiger partial charge in [0, 0.05) is 11.1 Å². The number of aryl methyl sites for hydroxylation is 2. The van der Waals surface area contributed by atoms with Gasteiger partial charge < -0.3 is 0 Å². The Labute approximate surface area is 127 Å². The van der Waals surface area contributed by atoms with Crippen molar-refractivity contribution in [1.29, 1.82) is 0 Å². The van der Waals surface area contributed by atoms with E-state index >= 15 is 0 Å². The molecule has 3 N–H and O–H groups in total. The quantitative estimate of drug-likeness (QED) is 0.647. The molecule has 118 valence electrons. The molecule has 1 heterocycles. The van der Waals surface area contributed by atoms with Crippen LogP contribution < -0.4 is 11.3 Å². The van der Waals surface area contributed by atoms with Gasteiger partial charge in [0.05, 0.1) is 6.04 Å². The molecule has 2 unspecified atom stereocenters. The minimum Gasteiger partial charge on any atom is -0.296 e. The number of rotatable bonds is 5. The second kappa shape index (κ2) is 6.42. The van der Waals surface area contributed by atoms with E-state index < -0.39 is 0 Å². The average Bonchev–Trinajstić information content (AvgIpc) is 2.96. The number of hydrogen-bond donors (Lipinski definition) is 2. The molecule has 0 bridgehead atoms. The Morgan fingerprint density at radius 1 is 1.33 bits per heavy atom. The summed E-state index contributed by atoms with van der Waals surface area (Å²) in [6.45, 7) is 10.4. The molecule has 1 aliphatic rings. The van der Waals surface area contributed by atoms with E-state index in [9.17, 15) is 4.39 Å². The van der Waals surface area contributed by atoms with Gasteiger partial charge in [-0.25, -0.2) is 4.39 Å². The van der Waals surface area contributed by atoms with Crippen molar-refractivity contribution in [3.8, 4) is 0 Å². The molecule has 1 saturated heterocycles. The monoisotopic (exact) mass is 293 g/mol. The lowest BCUT2D eigenvalue weighted by atomic mass is 9.81. The highest BCUT2D eigenvalue weighted by Gasteiger charge is 2.41. The Balaban J connectivity index is 2.46. The summed E-state index contributed by atoms with van der Waals surface area (Å²) in [4.78, 5) is 2.45. The molecule has 0 amide bonds. The van der Waals surface area contributed by atoms with Crippen LogP contribution in [-0.4, -0.2) is 23.5 Å². The predicted octanol–water partition coefficient (Wildman–Crippen LogP) is 3.21. The normalized spacial score (nSPS) is 20.5. The number of nitrogens with two attached hydrogens (primary N) is 1. The van der Waals surface area contributed by atoms with Crippen LogP contribution in [0.15, 0.2) is 12.1 Å². The first-order chi connectivity index (χ1) is 9.93. The number of hydrazine groups is 1. The molecule has 1 aromatic carbocycles. The first-order valence-corrected chi connectivity index (χ1v) is 7.92. The Morgan fingerprint density at radius 3 is 2.43 bits per heavy atom. The minimum absolute atomic E-state index is 0.158. The standard InChI is InChI=1S/C17H28FN3/c1-5-17(4,21-8-6-7-9-21)16(20-19)15-13(3)10-12(2)11-14(15)18/h10-11,16,20H,5-9,19H2,1-4H3. The van der Waals surface area contributed by atoms with Crippen molar-refractivity contribution in [2.75, 3.05) is 13.1 Å². The third-order valence-corrected chi connectivity index (χ3v) is 5.10. The van der Waals surface area contributed by atoms with Gasteiger partial charge in [-0.3, -0.25) is 16.2 Å². The largest absolute Gasteiger partial charge is 0.296 e. The summed E-state index contributed by atoms with van der Waals surface area (Å²) in [5, 5.41) is 0. The average molecular weight is 293 g/mol. The van der Waals surface area contributed by atoms with Gasteiger partial charge in [0.15, 0.2) is 0 Å². The van der Waals surface area contributed by atoms with Gasteiger partial charge >= 0.3 is 0 Å². The zero-order chi connectivity index (χ0) is 15.6. The molecule has 21 heavy (non-hydrogen) atoms. The van der Waals surface area contributed by atoms with Crippen molar-refractivity contribution >= 4 is 0 Å². The number of hydrogen-bond acceptors (Lipinski definition) is 3. The molecule has 0 aliphatic carbocycles. The summed E-state index contributed by atoms with van der Waals surface area (Å²) >= 11 is 0. The fraction of sp³-hybridized carbons (Fsp3) is 0.647. The molecular formula is C17H28FN3. The van der Waals surface area contributed by atoms with E-state index in [4.69, 9.17) is 5.84 Å². The number of halogens is 1. The topological polar surface area (TPSA) is 41.3 Å². The maximum Gasteiger partial charge on any atom is 0.128 e. The highest BCUT2D eigenvalue weighted by atomic mass is 19.1. The molecule has 1 aromatic rings. The molecule has 0 radical (unpaired) electrons. The molecule has 1 aliphatic heterocycles. The smallest absolute Gasteiger partial charge is 0.128 e. The molecule has 2 rings (SSSR count). The molecule has 0 saturated carbocycles. The van der Waals surface area contributed by atoms with Crippen molar-refractivity contribution in [2.45, 2.75) is 58.5 Å². The Kier molecular flexibility index (Phi) is 5.02. The fourth-order valence-electron chi connectivity index (χ4n) is 3.70. The summed E-state index contributed by atoms with van der Waals surface area (Å²) in [7, 11) is 0. The van der Waals surface area contributed by atoms with Crippen LogP contribution in [-0.2, 0) is 0 Å². The number of likely N-dealkylation sites (tertiary alicyclic amines) is 1. The Bertz CT molecular complexity index is 474. The summed E-state index contributed by atoms with van der Waals surface area (Å²) in [6.07, 6.45) is 3.35. The SMILES string of the molecule is CCC(C)(C(NN)c1c(C)cc(C)cc1F)N1CCCC1. The maximum absolute atomic E-state index is 14.6. The van der Waals surface area contributed by atoms with Crippen molar-refractivity contribution in [1.82, 2.24) is 10.3 Å². The predicted molar refractivity (Wildman–Crippen MR) is 85.4 cm³/mol. The van der Waals surface area contributed by atoms with Crippen LogP contribution in [0.2, 0.25) is 0 Å². The van der Waals surface area contributed by atoms with Crippen LogP contribution in [0.1, 0.15) is 55.8 Å². The Hall–Kier alpha value is -0.970.